The van der Waals surface area contributed by atoms with Gasteiger partial charge in [0.25, 0.3) is 11.8 Å². The summed E-state index contributed by atoms with van der Waals surface area (Å²) < 4.78 is 11.4. The molecule has 2 aliphatic heterocycles. The van der Waals surface area contributed by atoms with Crippen molar-refractivity contribution >= 4 is 22.9 Å². The third-order valence-corrected chi connectivity index (χ3v) is 6.61. The lowest BCUT2D eigenvalue weighted by Gasteiger charge is -2.29. The number of hydrogen-bond donors (Lipinski definition) is 2. The molecule has 0 bridgehead atoms. The fourth-order valence-corrected chi connectivity index (χ4v) is 4.73. The molecule has 178 valence electrons. The van der Waals surface area contributed by atoms with Crippen LogP contribution in [0.5, 0.6) is 5.75 Å². The molecule has 10 nitrogen and oxygen atoms in total. The zero-order chi connectivity index (χ0) is 24.9. The Kier molecular flexibility index (Phi) is 4.94. The number of pyridine rings is 2. The van der Waals surface area contributed by atoms with Crippen LogP contribution >= 0.6 is 0 Å². The Balaban J connectivity index is 1.36. The van der Waals surface area contributed by atoms with Gasteiger partial charge in [0.05, 0.1) is 31.6 Å². The standard InChI is InChI=1S/C26H20N6O4/c1-35-18-3-2-16-12-32(24(33)19(16)7-18)13-26(25(34)29-14-30-26)23-8-21-22(36-23)5-4-20(31-21)17-6-15(9-27)10-28-11-17/h2-8,10-11,30H,12-14H2,1H3,(H,29,34)/t26-/m0/s1. The lowest BCUT2D eigenvalue weighted by atomic mass is 9.95. The molecule has 1 atom stereocenters. The highest BCUT2D eigenvalue weighted by atomic mass is 16.5. The number of amides is 2. The van der Waals surface area contributed by atoms with Crippen LogP contribution in [0.3, 0.4) is 0 Å². The van der Waals surface area contributed by atoms with Crippen molar-refractivity contribution in [3.63, 3.8) is 0 Å². The van der Waals surface area contributed by atoms with Gasteiger partial charge in [0.1, 0.15) is 23.1 Å². The predicted molar refractivity (Wildman–Crippen MR) is 128 cm³/mol. The van der Waals surface area contributed by atoms with Gasteiger partial charge in [-0.2, -0.15) is 5.26 Å². The number of fused-ring (bicyclic) bond motifs is 2. The molecule has 0 unspecified atom stereocenters. The highest BCUT2D eigenvalue weighted by molar-refractivity contribution is 6.00. The number of nitrogens with one attached hydrogen (secondary N) is 2. The number of carbonyl (C=O) groups excluding carboxylic acids is 2. The number of nitrogens with zero attached hydrogens (tertiary/aromatic N) is 4. The van der Waals surface area contributed by atoms with Crippen LogP contribution in [-0.2, 0) is 16.9 Å². The first-order valence-corrected chi connectivity index (χ1v) is 11.3. The number of benzene rings is 1. The van der Waals surface area contributed by atoms with Crippen molar-refractivity contribution in [1.29, 1.82) is 5.26 Å². The fraction of sp³-hybridized carbons (Fsp3) is 0.192. The molecule has 0 saturated carbocycles. The topological polar surface area (TPSA) is 133 Å². The van der Waals surface area contributed by atoms with Crippen LogP contribution < -0.4 is 15.4 Å². The summed E-state index contributed by atoms with van der Waals surface area (Å²) in [7, 11) is 1.55. The van der Waals surface area contributed by atoms with E-state index in [2.05, 4.69) is 26.7 Å². The maximum atomic E-state index is 13.2. The van der Waals surface area contributed by atoms with Crippen molar-refractivity contribution < 1.29 is 18.7 Å². The van der Waals surface area contributed by atoms with E-state index in [1.165, 1.54) is 6.20 Å². The van der Waals surface area contributed by atoms with Gasteiger partial charge >= 0.3 is 0 Å². The number of aromatic nitrogens is 2. The van der Waals surface area contributed by atoms with Gasteiger partial charge in [0.2, 0.25) is 0 Å². The lowest BCUT2D eigenvalue weighted by molar-refractivity contribution is -0.125. The second kappa shape index (κ2) is 8.18. The molecule has 6 rings (SSSR count). The van der Waals surface area contributed by atoms with E-state index < -0.39 is 5.54 Å². The van der Waals surface area contributed by atoms with Crippen molar-refractivity contribution in [2.75, 3.05) is 20.3 Å². The monoisotopic (exact) mass is 480 g/mol. The molecule has 10 heteroatoms. The smallest absolute Gasteiger partial charge is 0.254 e. The molecule has 0 radical (unpaired) electrons. The van der Waals surface area contributed by atoms with Crippen LogP contribution in [0.15, 0.2) is 59.3 Å². The minimum absolute atomic E-state index is 0.0788. The first-order valence-electron chi connectivity index (χ1n) is 11.3. The molecule has 1 saturated heterocycles. The van der Waals surface area contributed by atoms with Gasteiger partial charge in [-0.25, -0.2) is 4.98 Å². The average molecular weight is 480 g/mol. The number of carbonyl (C=O) groups is 2. The van der Waals surface area contributed by atoms with E-state index in [1.807, 2.05) is 12.1 Å². The molecular formula is C26H20N6O4. The Morgan fingerprint density at radius 2 is 2.08 bits per heavy atom. The summed E-state index contributed by atoms with van der Waals surface area (Å²) in [5, 5.41) is 15.2. The van der Waals surface area contributed by atoms with Gasteiger partial charge in [0, 0.05) is 36.1 Å². The van der Waals surface area contributed by atoms with Gasteiger partial charge in [-0.1, -0.05) is 6.07 Å². The van der Waals surface area contributed by atoms with E-state index in [1.54, 1.807) is 48.5 Å². The van der Waals surface area contributed by atoms with E-state index in [0.717, 1.165) is 5.56 Å². The van der Waals surface area contributed by atoms with Crippen molar-refractivity contribution in [1.82, 2.24) is 25.5 Å². The maximum absolute atomic E-state index is 13.2. The third-order valence-electron chi connectivity index (χ3n) is 6.61. The number of rotatable bonds is 5. The van der Waals surface area contributed by atoms with Gasteiger partial charge in [-0.15, -0.1) is 0 Å². The van der Waals surface area contributed by atoms with Crippen molar-refractivity contribution in [3.8, 4) is 23.1 Å². The molecule has 2 N–H and O–H groups in total. The molecule has 0 spiro atoms. The molecular weight excluding hydrogens is 460 g/mol. The number of hydrogen-bond acceptors (Lipinski definition) is 8. The van der Waals surface area contributed by atoms with Crippen molar-refractivity contribution in [2.24, 2.45) is 0 Å². The normalized spacial score (nSPS) is 18.8. The second-order valence-electron chi connectivity index (χ2n) is 8.71. The van der Waals surface area contributed by atoms with Gasteiger partial charge in [-0.3, -0.25) is 19.9 Å². The molecule has 36 heavy (non-hydrogen) atoms. The summed E-state index contributed by atoms with van der Waals surface area (Å²) in [4.78, 5) is 36.7. The summed E-state index contributed by atoms with van der Waals surface area (Å²) in [5.74, 6) is 0.507. The molecule has 3 aromatic heterocycles. The average Bonchev–Trinajstić information content (AvgIpc) is 3.59. The fourth-order valence-electron chi connectivity index (χ4n) is 4.73. The number of nitriles is 1. The summed E-state index contributed by atoms with van der Waals surface area (Å²) >= 11 is 0. The Morgan fingerprint density at radius 3 is 2.86 bits per heavy atom. The van der Waals surface area contributed by atoms with Gasteiger partial charge in [0.15, 0.2) is 11.1 Å². The van der Waals surface area contributed by atoms with E-state index >= 15 is 0 Å². The Morgan fingerprint density at radius 1 is 1.19 bits per heavy atom. The highest BCUT2D eigenvalue weighted by Crippen LogP contribution is 2.35. The largest absolute Gasteiger partial charge is 0.497 e. The van der Waals surface area contributed by atoms with E-state index in [0.29, 0.717) is 51.5 Å². The maximum Gasteiger partial charge on any atom is 0.254 e. The molecule has 5 heterocycles. The number of methoxy groups -OCH3 is 1. The third kappa shape index (κ3) is 3.37. The van der Waals surface area contributed by atoms with E-state index in [-0.39, 0.29) is 25.0 Å². The molecule has 2 amide bonds. The van der Waals surface area contributed by atoms with Crippen LogP contribution in [0, 0.1) is 11.3 Å². The van der Waals surface area contributed by atoms with Crippen LogP contribution in [0.2, 0.25) is 0 Å². The second-order valence-corrected chi connectivity index (χ2v) is 8.71. The van der Waals surface area contributed by atoms with E-state index in [4.69, 9.17) is 9.15 Å². The molecule has 1 aromatic carbocycles. The highest BCUT2D eigenvalue weighted by Gasteiger charge is 2.50. The number of ether oxygens (including phenoxy) is 1. The van der Waals surface area contributed by atoms with Gasteiger partial charge < -0.3 is 19.4 Å². The lowest BCUT2D eigenvalue weighted by Crippen LogP contribution is -2.52. The SMILES string of the molecule is COc1ccc2c(c1)C(=O)N(C[C@@]1(c3cc4nc(-c5cncc(C#N)c5)ccc4o3)NCNC1=O)C2. The van der Waals surface area contributed by atoms with E-state index in [9.17, 15) is 14.9 Å². The van der Waals surface area contributed by atoms with Crippen molar-refractivity contribution in [3.05, 3.63) is 77.3 Å². The van der Waals surface area contributed by atoms with Crippen molar-refractivity contribution in [2.45, 2.75) is 12.1 Å². The van der Waals surface area contributed by atoms with Crippen LogP contribution in [0.4, 0.5) is 0 Å². The zero-order valence-corrected chi connectivity index (χ0v) is 19.2. The first kappa shape index (κ1) is 21.8. The quantitative estimate of drug-likeness (QED) is 0.445. The van der Waals surface area contributed by atoms with Crippen LogP contribution in [0.1, 0.15) is 27.2 Å². The van der Waals surface area contributed by atoms with Crippen LogP contribution in [-0.4, -0.2) is 47.0 Å². The molecule has 1 fully saturated rings. The summed E-state index contributed by atoms with van der Waals surface area (Å²) in [6.07, 6.45) is 3.12. The minimum atomic E-state index is -1.27. The van der Waals surface area contributed by atoms with Crippen LogP contribution in [0.25, 0.3) is 22.4 Å². The summed E-state index contributed by atoms with van der Waals surface area (Å²) in [6, 6.07) is 14.4. The summed E-state index contributed by atoms with van der Waals surface area (Å²) in [6.45, 7) is 0.694. The Bertz CT molecular complexity index is 1590. The summed E-state index contributed by atoms with van der Waals surface area (Å²) in [5.41, 5.74) is 2.96. The first-order chi connectivity index (χ1) is 17.5. The molecule has 2 aliphatic rings. The minimum Gasteiger partial charge on any atom is -0.497 e. The molecule has 4 aromatic rings. The predicted octanol–water partition coefficient (Wildman–Crippen LogP) is 2.30. The molecule has 0 aliphatic carbocycles. The number of furan rings is 1. The van der Waals surface area contributed by atoms with Gasteiger partial charge in [-0.05, 0) is 35.9 Å². The zero-order valence-electron chi connectivity index (χ0n) is 19.2. The Labute approximate surface area is 205 Å². The Hall–Kier alpha value is -4.75.